The summed E-state index contributed by atoms with van der Waals surface area (Å²) in [5.74, 6) is 0.438. The summed E-state index contributed by atoms with van der Waals surface area (Å²) in [5, 5.41) is 6.32. The SMILES string of the molecule is CN=C(NCc1ccccc1F)NCC1CN(C)CCO1. The third-order valence-electron chi connectivity index (χ3n) is 3.47. The van der Waals surface area contributed by atoms with E-state index in [9.17, 15) is 4.39 Å². The van der Waals surface area contributed by atoms with Crippen molar-refractivity contribution in [3.05, 3.63) is 35.6 Å². The summed E-state index contributed by atoms with van der Waals surface area (Å²) < 4.78 is 19.2. The standard InChI is InChI=1S/C15H23FN4O/c1-17-15(18-9-12-5-3-4-6-14(12)16)19-10-13-11-20(2)7-8-21-13/h3-6,13H,7-11H2,1-2H3,(H2,17,18,19). The summed E-state index contributed by atoms with van der Waals surface area (Å²) in [7, 11) is 3.78. The molecule has 1 aliphatic rings. The number of ether oxygens (including phenoxy) is 1. The third kappa shape index (κ3) is 4.99. The van der Waals surface area contributed by atoms with Crippen LogP contribution in [-0.4, -0.2) is 57.3 Å². The molecule has 1 saturated heterocycles. The average molecular weight is 294 g/mol. The number of hydrogen-bond acceptors (Lipinski definition) is 3. The molecule has 1 aliphatic heterocycles. The van der Waals surface area contributed by atoms with E-state index in [0.29, 0.717) is 24.6 Å². The number of nitrogens with zero attached hydrogens (tertiary/aromatic N) is 2. The lowest BCUT2D eigenvalue weighted by Gasteiger charge is -2.30. The van der Waals surface area contributed by atoms with Crippen molar-refractivity contribution in [1.82, 2.24) is 15.5 Å². The maximum Gasteiger partial charge on any atom is 0.191 e. The van der Waals surface area contributed by atoms with Gasteiger partial charge >= 0.3 is 0 Å². The lowest BCUT2D eigenvalue weighted by atomic mass is 10.2. The van der Waals surface area contributed by atoms with Gasteiger partial charge in [0.25, 0.3) is 0 Å². The van der Waals surface area contributed by atoms with Crippen molar-refractivity contribution in [2.24, 2.45) is 4.99 Å². The first-order chi connectivity index (χ1) is 10.2. The van der Waals surface area contributed by atoms with Gasteiger partial charge in [-0.2, -0.15) is 0 Å². The number of nitrogens with one attached hydrogen (secondary N) is 2. The van der Waals surface area contributed by atoms with Crippen LogP contribution < -0.4 is 10.6 Å². The van der Waals surface area contributed by atoms with E-state index in [1.165, 1.54) is 6.07 Å². The van der Waals surface area contributed by atoms with Gasteiger partial charge in [0.05, 0.1) is 12.7 Å². The molecule has 0 spiro atoms. The first kappa shape index (κ1) is 15.7. The third-order valence-corrected chi connectivity index (χ3v) is 3.47. The maximum atomic E-state index is 13.5. The van der Waals surface area contributed by atoms with Crippen molar-refractivity contribution in [2.45, 2.75) is 12.6 Å². The van der Waals surface area contributed by atoms with E-state index in [4.69, 9.17) is 4.74 Å². The quantitative estimate of drug-likeness (QED) is 0.638. The normalized spacial score (nSPS) is 20.3. The molecule has 0 amide bonds. The molecule has 1 heterocycles. The van der Waals surface area contributed by atoms with Crippen molar-refractivity contribution in [1.29, 1.82) is 0 Å². The summed E-state index contributed by atoms with van der Waals surface area (Å²) in [4.78, 5) is 6.38. The number of guanidine groups is 1. The highest BCUT2D eigenvalue weighted by Gasteiger charge is 2.17. The minimum absolute atomic E-state index is 0.149. The number of halogens is 1. The minimum atomic E-state index is -0.210. The van der Waals surface area contributed by atoms with Crippen molar-refractivity contribution < 1.29 is 9.13 Å². The van der Waals surface area contributed by atoms with Gasteiger partial charge in [0.2, 0.25) is 0 Å². The Labute approximate surface area is 125 Å². The Morgan fingerprint density at radius 3 is 2.95 bits per heavy atom. The summed E-state index contributed by atoms with van der Waals surface area (Å²) in [6.07, 6.45) is 0.149. The summed E-state index contributed by atoms with van der Waals surface area (Å²) in [6, 6.07) is 6.72. The fourth-order valence-corrected chi connectivity index (χ4v) is 2.24. The van der Waals surface area contributed by atoms with Gasteiger partial charge in [-0.05, 0) is 13.1 Å². The summed E-state index contributed by atoms with van der Waals surface area (Å²) in [5.41, 5.74) is 0.620. The van der Waals surface area contributed by atoms with Gasteiger partial charge in [-0.25, -0.2) is 4.39 Å². The lowest BCUT2D eigenvalue weighted by molar-refractivity contribution is -0.0161. The number of hydrogen-bond donors (Lipinski definition) is 2. The summed E-state index contributed by atoms with van der Waals surface area (Å²) in [6.45, 7) is 3.71. The van der Waals surface area contributed by atoms with E-state index in [-0.39, 0.29) is 11.9 Å². The van der Waals surface area contributed by atoms with Crippen LogP contribution >= 0.6 is 0 Å². The predicted molar refractivity (Wildman–Crippen MR) is 81.8 cm³/mol. The van der Waals surface area contributed by atoms with Crippen LogP contribution in [0.3, 0.4) is 0 Å². The molecule has 1 aromatic rings. The molecule has 21 heavy (non-hydrogen) atoms. The molecule has 1 atom stereocenters. The smallest absolute Gasteiger partial charge is 0.191 e. The van der Waals surface area contributed by atoms with Crippen molar-refractivity contribution in [3.8, 4) is 0 Å². The first-order valence-electron chi connectivity index (χ1n) is 7.17. The van der Waals surface area contributed by atoms with Gasteiger partial charge in [0.15, 0.2) is 5.96 Å². The molecule has 5 nitrogen and oxygen atoms in total. The minimum Gasteiger partial charge on any atom is -0.374 e. The number of rotatable bonds is 4. The van der Waals surface area contributed by atoms with Gasteiger partial charge < -0.3 is 20.3 Å². The van der Waals surface area contributed by atoms with Crippen LogP contribution in [-0.2, 0) is 11.3 Å². The molecule has 6 heteroatoms. The fraction of sp³-hybridized carbons (Fsp3) is 0.533. The molecule has 1 unspecified atom stereocenters. The Kier molecular flexibility index (Phi) is 5.95. The van der Waals surface area contributed by atoms with Crippen LogP contribution in [0.4, 0.5) is 4.39 Å². The molecular formula is C15H23FN4O. The van der Waals surface area contributed by atoms with E-state index in [0.717, 1.165) is 19.7 Å². The molecule has 1 fully saturated rings. The topological polar surface area (TPSA) is 48.9 Å². The Morgan fingerprint density at radius 2 is 2.24 bits per heavy atom. The monoisotopic (exact) mass is 294 g/mol. The molecule has 0 aliphatic carbocycles. The van der Waals surface area contributed by atoms with Gasteiger partial charge in [0.1, 0.15) is 5.82 Å². The van der Waals surface area contributed by atoms with E-state index in [2.05, 4.69) is 27.6 Å². The van der Waals surface area contributed by atoms with Gasteiger partial charge in [-0.3, -0.25) is 4.99 Å². The zero-order valence-corrected chi connectivity index (χ0v) is 12.6. The van der Waals surface area contributed by atoms with Crippen LogP contribution in [0.2, 0.25) is 0 Å². The number of aliphatic imine (C=N–C) groups is 1. The van der Waals surface area contributed by atoms with Crippen LogP contribution in [0.1, 0.15) is 5.56 Å². The number of likely N-dealkylation sites (N-methyl/N-ethyl adjacent to an activating group) is 1. The van der Waals surface area contributed by atoms with Crippen LogP contribution in [0.5, 0.6) is 0 Å². The average Bonchev–Trinajstić information content (AvgIpc) is 2.49. The molecule has 116 valence electrons. The molecule has 2 rings (SSSR count). The van der Waals surface area contributed by atoms with Gasteiger partial charge in [-0.1, -0.05) is 18.2 Å². The van der Waals surface area contributed by atoms with Crippen molar-refractivity contribution >= 4 is 5.96 Å². The predicted octanol–water partition coefficient (Wildman–Crippen LogP) is 0.821. The van der Waals surface area contributed by atoms with Crippen molar-refractivity contribution in [2.75, 3.05) is 40.3 Å². The second-order valence-electron chi connectivity index (χ2n) is 5.15. The van der Waals surface area contributed by atoms with Crippen LogP contribution in [0, 0.1) is 5.82 Å². The van der Waals surface area contributed by atoms with E-state index in [1.807, 2.05) is 6.07 Å². The fourth-order valence-electron chi connectivity index (χ4n) is 2.24. The summed E-state index contributed by atoms with van der Waals surface area (Å²) >= 11 is 0. The highest BCUT2D eigenvalue weighted by Crippen LogP contribution is 2.05. The molecule has 0 bridgehead atoms. The molecule has 0 saturated carbocycles. The first-order valence-corrected chi connectivity index (χ1v) is 7.17. The second kappa shape index (κ2) is 7.95. The highest BCUT2D eigenvalue weighted by molar-refractivity contribution is 5.79. The number of benzene rings is 1. The molecule has 2 N–H and O–H groups in total. The Balaban J connectivity index is 1.77. The molecule has 0 aromatic heterocycles. The Hall–Kier alpha value is -1.66. The van der Waals surface area contributed by atoms with E-state index < -0.39 is 0 Å². The molecule has 1 aromatic carbocycles. The van der Waals surface area contributed by atoms with Gasteiger partial charge in [0, 0.05) is 38.8 Å². The number of morpholine rings is 1. The van der Waals surface area contributed by atoms with E-state index in [1.54, 1.807) is 19.2 Å². The zero-order chi connectivity index (χ0) is 15.1. The Morgan fingerprint density at radius 1 is 1.43 bits per heavy atom. The zero-order valence-electron chi connectivity index (χ0n) is 12.6. The Bertz CT molecular complexity index is 480. The largest absolute Gasteiger partial charge is 0.374 e. The molecule has 0 radical (unpaired) electrons. The van der Waals surface area contributed by atoms with Gasteiger partial charge in [-0.15, -0.1) is 0 Å². The lowest BCUT2D eigenvalue weighted by Crippen LogP contribution is -2.48. The molecular weight excluding hydrogens is 271 g/mol. The second-order valence-corrected chi connectivity index (χ2v) is 5.15. The van der Waals surface area contributed by atoms with Crippen LogP contribution in [0.25, 0.3) is 0 Å². The maximum absolute atomic E-state index is 13.5. The van der Waals surface area contributed by atoms with E-state index >= 15 is 0 Å². The van der Waals surface area contributed by atoms with Crippen LogP contribution in [0.15, 0.2) is 29.3 Å². The van der Waals surface area contributed by atoms with Crippen molar-refractivity contribution in [3.63, 3.8) is 0 Å². The highest BCUT2D eigenvalue weighted by atomic mass is 19.1.